The number of nitrogens with zero attached hydrogens (tertiary/aromatic N) is 6. The van der Waals surface area contributed by atoms with Crippen molar-refractivity contribution in [2.45, 2.75) is 32.4 Å². The number of carbonyl (C=O) groups excluding carboxylic acids is 1. The van der Waals surface area contributed by atoms with E-state index in [0.29, 0.717) is 31.1 Å². The summed E-state index contributed by atoms with van der Waals surface area (Å²) < 4.78 is 30.4. The molecule has 1 fully saturated rings. The van der Waals surface area contributed by atoms with Gasteiger partial charge in [0.1, 0.15) is 17.2 Å². The van der Waals surface area contributed by atoms with Gasteiger partial charge in [-0.25, -0.2) is 13.8 Å². The molecule has 2 aromatic heterocycles. The second-order valence-electron chi connectivity index (χ2n) is 7.72. The van der Waals surface area contributed by atoms with Gasteiger partial charge in [-0.1, -0.05) is 0 Å². The summed E-state index contributed by atoms with van der Waals surface area (Å²) in [7, 11) is 0. The maximum absolute atomic E-state index is 14.6. The number of aryl methyl sites for hydroxylation is 1. The molecule has 162 valence electrons. The number of hydrogen-bond donors (Lipinski definition) is 0. The smallest absolute Gasteiger partial charge is 0.274 e. The standard InChI is InChI=1S/C20H18BrClF2N6O/c21-15-13(23)9-12-17(16(15)24)25-20(22)26-18(12)29-6-3-7-30-11(10-29)8-14(27-30)19(31)28-4-1-2-5-28/h8-9H,1-7,10H2. The van der Waals surface area contributed by atoms with Gasteiger partial charge >= 0.3 is 0 Å². The lowest BCUT2D eigenvalue weighted by Gasteiger charge is -2.23. The summed E-state index contributed by atoms with van der Waals surface area (Å²) in [5, 5.41) is 4.63. The summed E-state index contributed by atoms with van der Waals surface area (Å²) >= 11 is 8.98. The monoisotopic (exact) mass is 510 g/mol. The lowest BCUT2D eigenvalue weighted by atomic mass is 10.2. The number of aromatic nitrogens is 4. The Morgan fingerprint density at radius 1 is 1.06 bits per heavy atom. The molecule has 1 aromatic carbocycles. The average Bonchev–Trinajstić information content (AvgIpc) is 3.38. The number of anilines is 1. The molecule has 0 N–H and O–H groups in total. The maximum atomic E-state index is 14.6. The summed E-state index contributed by atoms with van der Waals surface area (Å²) in [6.07, 6.45) is 2.74. The molecule has 31 heavy (non-hydrogen) atoms. The highest BCUT2D eigenvalue weighted by molar-refractivity contribution is 9.10. The Labute approximate surface area is 190 Å². The summed E-state index contributed by atoms with van der Waals surface area (Å²) in [5.74, 6) is -1.27. The Morgan fingerprint density at radius 3 is 2.61 bits per heavy atom. The van der Waals surface area contributed by atoms with E-state index in [1.165, 1.54) is 6.07 Å². The number of hydrogen-bond acceptors (Lipinski definition) is 5. The molecule has 2 aliphatic rings. The van der Waals surface area contributed by atoms with E-state index in [1.807, 2.05) is 14.5 Å². The molecular formula is C20H18BrClF2N6O. The molecule has 0 aliphatic carbocycles. The van der Waals surface area contributed by atoms with Crippen LogP contribution < -0.4 is 4.90 Å². The van der Waals surface area contributed by atoms with Crippen LogP contribution in [0, 0.1) is 11.6 Å². The van der Waals surface area contributed by atoms with Crippen molar-refractivity contribution in [3.05, 3.63) is 44.9 Å². The van der Waals surface area contributed by atoms with Crippen molar-refractivity contribution in [2.75, 3.05) is 24.5 Å². The molecule has 4 heterocycles. The molecule has 1 saturated heterocycles. The van der Waals surface area contributed by atoms with E-state index >= 15 is 0 Å². The van der Waals surface area contributed by atoms with E-state index in [9.17, 15) is 13.6 Å². The highest BCUT2D eigenvalue weighted by Crippen LogP contribution is 2.34. The number of likely N-dealkylation sites (tertiary alicyclic amines) is 1. The predicted octanol–water partition coefficient (Wildman–Crippen LogP) is 4.17. The molecule has 0 atom stereocenters. The van der Waals surface area contributed by atoms with Crippen LogP contribution in [-0.4, -0.2) is 50.2 Å². The van der Waals surface area contributed by atoms with Gasteiger partial charge in [-0.2, -0.15) is 10.1 Å². The van der Waals surface area contributed by atoms with E-state index in [4.69, 9.17) is 11.6 Å². The fourth-order valence-corrected chi connectivity index (χ4v) is 4.67. The van der Waals surface area contributed by atoms with Crippen molar-refractivity contribution in [2.24, 2.45) is 0 Å². The molecule has 0 spiro atoms. The Morgan fingerprint density at radius 2 is 1.84 bits per heavy atom. The normalized spacial score (nSPS) is 16.6. The fraction of sp³-hybridized carbons (Fsp3) is 0.400. The molecule has 3 aromatic rings. The third kappa shape index (κ3) is 3.65. The van der Waals surface area contributed by atoms with E-state index in [1.54, 1.807) is 6.07 Å². The van der Waals surface area contributed by atoms with Gasteiger partial charge < -0.3 is 9.80 Å². The Kier molecular flexibility index (Phi) is 5.29. The first-order valence-electron chi connectivity index (χ1n) is 10.0. The molecule has 1 amide bonds. The van der Waals surface area contributed by atoms with Crippen LogP contribution in [0.5, 0.6) is 0 Å². The first kappa shape index (κ1) is 20.6. The number of fused-ring (bicyclic) bond motifs is 2. The molecule has 0 bridgehead atoms. The topological polar surface area (TPSA) is 67.2 Å². The van der Waals surface area contributed by atoms with Crippen molar-refractivity contribution in [1.29, 1.82) is 0 Å². The first-order chi connectivity index (χ1) is 14.9. The van der Waals surface area contributed by atoms with Gasteiger partial charge in [0, 0.05) is 31.6 Å². The molecule has 0 saturated carbocycles. The highest BCUT2D eigenvalue weighted by atomic mass is 79.9. The largest absolute Gasteiger partial charge is 0.350 e. The van der Waals surface area contributed by atoms with Crippen molar-refractivity contribution in [3.8, 4) is 0 Å². The number of carbonyl (C=O) groups is 1. The minimum absolute atomic E-state index is 0.0501. The van der Waals surface area contributed by atoms with E-state index in [0.717, 1.165) is 38.0 Å². The molecule has 2 aliphatic heterocycles. The van der Waals surface area contributed by atoms with Gasteiger partial charge in [0.15, 0.2) is 11.5 Å². The van der Waals surface area contributed by atoms with Gasteiger partial charge in [-0.15, -0.1) is 0 Å². The highest BCUT2D eigenvalue weighted by Gasteiger charge is 2.26. The zero-order valence-electron chi connectivity index (χ0n) is 16.4. The van der Waals surface area contributed by atoms with Crippen LogP contribution in [0.3, 0.4) is 0 Å². The minimum Gasteiger partial charge on any atom is -0.350 e. The van der Waals surface area contributed by atoms with Crippen molar-refractivity contribution in [1.82, 2.24) is 24.6 Å². The average molecular weight is 512 g/mol. The summed E-state index contributed by atoms with van der Waals surface area (Å²) in [6, 6.07) is 3.00. The summed E-state index contributed by atoms with van der Waals surface area (Å²) in [5.41, 5.74) is 1.21. The van der Waals surface area contributed by atoms with E-state index in [-0.39, 0.29) is 26.6 Å². The zero-order chi connectivity index (χ0) is 21.7. The van der Waals surface area contributed by atoms with Crippen LogP contribution in [0.25, 0.3) is 10.9 Å². The second kappa shape index (κ2) is 7.98. The summed E-state index contributed by atoms with van der Waals surface area (Å²) in [6.45, 7) is 3.10. The maximum Gasteiger partial charge on any atom is 0.274 e. The lowest BCUT2D eigenvalue weighted by molar-refractivity contribution is 0.0786. The van der Waals surface area contributed by atoms with Crippen molar-refractivity contribution in [3.63, 3.8) is 0 Å². The van der Waals surface area contributed by atoms with Gasteiger partial charge in [0.25, 0.3) is 5.91 Å². The van der Waals surface area contributed by atoms with Gasteiger partial charge in [0.2, 0.25) is 5.28 Å². The van der Waals surface area contributed by atoms with Crippen LogP contribution in [0.1, 0.15) is 35.4 Å². The Balaban J connectivity index is 1.53. The van der Waals surface area contributed by atoms with E-state index in [2.05, 4.69) is 31.0 Å². The lowest BCUT2D eigenvalue weighted by Crippen LogP contribution is -2.28. The Hall–Kier alpha value is -2.33. The van der Waals surface area contributed by atoms with Crippen LogP contribution in [0.15, 0.2) is 16.6 Å². The van der Waals surface area contributed by atoms with Crippen LogP contribution in [0.4, 0.5) is 14.6 Å². The van der Waals surface area contributed by atoms with Gasteiger partial charge in [-0.05, 0) is 58.9 Å². The van der Waals surface area contributed by atoms with Gasteiger partial charge in [-0.3, -0.25) is 9.48 Å². The fourth-order valence-electron chi connectivity index (χ4n) is 4.20. The zero-order valence-corrected chi connectivity index (χ0v) is 18.8. The minimum atomic E-state index is -0.820. The quantitative estimate of drug-likeness (QED) is 0.382. The molecule has 0 unspecified atom stereocenters. The first-order valence-corrected chi connectivity index (χ1v) is 11.2. The second-order valence-corrected chi connectivity index (χ2v) is 8.85. The molecule has 11 heteroatoms. The number of amides is 1. The third-order valence-electron chi connectivity index (χ3n) is 5.71. The predicted molar refractivity (Wildman–Crippen MR) is 115 cm³/mol. The number of rotatable bonds is 2. The Bertz CT molecular complexity index is 1200. The number of halogens is 4. The molecule has 7 nitrogen and oxygen atoms in total. The van der Waals surface area contributed by atoms with Crippen LogP contribution in [0.2, 0.25) is 5.28 Å². The third-order valence-corrected chi connectivity index (χ3v) is 6.60. The van der Waals surface area contributed by atoms with Gasteiger partial charge in [0.05, 0.1) is 16.7 Å². The number of benzene rings is 1. The van der Waals surface area contributed by atoms with Crippen molar-refractivity contribution < 1.29 is 13.6 Å². The van der Waals surface area contributed by atoms with Crippen LogP contribution in [-0.2, 0) is 13.1 Å². The summed E-state index contributed by atoms with van der Waals surface area (Å²) in [4.78, 5) is 24.7. The SMILES string of the molecule is O=C(c1cc2n(n1)CCCN(c1nc(Cl)nc3c(F)c(Br)c(F)cc13)C2)N1CCCC1. The molecule has 0 radical (unpaired) electrons. The van der Waals surface area contributed by atoms with Crippen LogP contribution >= 0.6 is 27.5 Å². The molecular weight excluding hydrogens is 494 g/mol. The molecule has 5 rings (SSSR count). The van der Waals surface area contributed by atoms with Crippen molar-refractivity contribution >= 4 is 50.2 Å². The van der Waals surface area contributed by atoms with E-state index < -0.39 is 11.6 Å².